The van der Waals surface area contributed by atoms with Crippen molar-refractivity contribution in [2.24, 2.45) is 5.92 Å². The summed E-state index contributed by atoms with van der Waals surface area (Å²) in [6, 6.07) is 14.0. The van der Waals surface area contributed by atoms with Gasteiger partial charge in [-0.2, -0.15) is 0 Å². The zero-order valence-electron chi connectivity index (χ0n) is 17.8. The quantitative estimate of drug-likeness (QED) is 0.593. The van der Waals surface area contributed by atoms with E-state index < -0.39 is 6.04 Å². The number of aryl methyl sites for hydroxylation is 1. The smallest absolute Gasteiger partial charge is 0.255 e. The Morgan fingerprint density at radius 3 is 2.47 bits per heavy atom. The number of para-hydroxylation sites is 3. The van der Waals surface area contributed by atoms with Gasteiger partial charge in [-0.3, -0.25) is 14.9 Å². The molecule has 0 aliphatic rings. The van der Waals surface area contributed by atoms with Crippen molar-refractivity contribution in [1.82, 2.24) is 14.9 Å². The van der Waals surface area contributed by atoms with Gasteiger partial charge >= 0.3 is 0 Å². The molecule has 1 aromatic heterocycles. The van der Waals surface area contributed by atoms with Crippen LogP contribution in [-0.2, 0) is 11.3 Å². The summed E-state index contributed by atoms with van der Waals surface area (Å²) in [4.78, 5) is 30.5. The van der Waals surface area contributed by atoms with Gasteiger partial charge in [0, 0.05) is 6.54 Å². The van der Waals surface area contributed by atoms with Gasteiger partial charge in [-0.15, -0.1) is 0 Å². The molecule has 0 aliphatic carbocycles. The molecular weight excluding hydrogens is 380 g/mol. The average molecular weight is 409 g/mol. The van der Waals surface area contributed by atoms with Crippen molar-refractivity contribution < 1.29 is 14.3 Å². The van der Waals surface area contributed by atoms with Crippen LogP contribution in [0.1, 0.15) is 38.1 Å². The highest BCUT2D eigenvalue weighted by molar-refractivity contribution is 6.02. The largest absolute Gasteiger partial charge is 0.493 e. The molecule has 3 aromatic rings. The molecule has 0 spiro atoms. The molecule has 1 unspecified atom stereocenters. The SMILES string of the molecule is CCOc1ccccc1C(=O)NC(C(=O)Nc1nc2ccccc2n1CC)C(C)C. The van der Waals surface area contributed by atoms with Gasteiger partial charge in [0.05, 0.1) is 23.2 Å². The summed E-state index contributed by atoms with van der Waals surface area (Å²) >= 11 is 0. The number of nitrogens with one attached hydrogen (secondary N) is 2. The second-order valence-electron chi connectivity index (χ2n) is 7.28. The zero-order chi connectivity index (χ0) is 21.7. The molecule has 2 amide bonds. The van der Waals surface area contributed by atoms with Crippen molar-refractivity contribution in [2.75, 3.05) is 11.9 Å². The standard InChI is InChI=1S/C23H28N4O3/c1-5-27-18-13-9-8-12-17(18)24-23(27)26-22(29)20(15(3)4)25-21(28)16-11-7-10-14-19(16)30-6-2/h7-15,20H,5-6H2,1-4H3,(H,25,28)(H,24,26,29). The van der Waals surface area contributed by atoms with Crippen molar-refractivity contribution in [2.45, 2.75) is 40.3 Å². The summed E-state index contributed by atoms with van der Waals surface area (Å²) in [5.41, 5.74) is 2.16. The minimum absolute atomic E-state index is 0.118. The van der Waals surface area contributed by atoms with Gasteiger partial charge in [-0.25, -0.2) is 4.98 Å². The van der Waals surface area contributed by atoms with Crippen molar-refractivity contribution in [1.29, 1.82) is 0 Å². The third-order valence-corrected chi connectivity index (χ3v) is 4.87. The van der Waals surface area contributed by atoms with Gasteiger partial charge in [0.15, 0.2) is 0 Å². The van der Waals surface area contributed by atoms with E-state index >= 15 is 0 Å². The lowest BCUT2D eigenvalue weighted by atomic mass is 10.0. The summed E-state index contributed by atoms with van der Waals surface area (Å²) in [6.07, 6.45) is 0. The number of ether oxygens (including phenoxy) is 1. The molecule has 1 atom stereocenters. The number of amides is 2. The molecule has 2 aromatic carbocycles. The van der Waals surface area contributed by atoms with Crippen LogP contribution in [0.2, 0.25) is 0 Å². The lowest BCUT2D eigenvalue weighted by Crippen LogP contribution is -2.47. The van der Waals surface area contributed by atoms with Crippen LogP contribution in [0.4, 0.5) is 5.95 Å². The maximum absolute atomic E-state index is 13.1. The summed E-state index contributed by atoms with van der Waals surface area (Å²) in [5, 5.41) is 5.75. The number of nitrogens with zero attached hydrogens (tertiary/aromatic N) is 2. The van der Waals surface area contributed by atoms with Gasteiger partial charge in [0.1, 0.15) is 11.8 Å². The van der Waals surface area contributed by atoms with E-state index in [1.807, 2.05) is 62.6 Å². The molecule has 30 heavy (non-hydrogen) atoms. The summed E-state index contributed by atoms with van der Waals surface area (Å²) in [5.74, 6) is 0.188. The van der Waals surface area contributed by atoms with Crippen LogP contribution >= 0.6 is 0 Å². The minimum atomic E-state index is -0.725. The Balaban J connectivity index is 1.82. The minimum Gasteiger partial charge on any atom is -0.493 e. The molecule has 158 valence electrons. The number of hydrogen-bond donors (Lipinski definition) is 2. The van der Waals surface area contributed by atoms with E-state index in [2.05, 4.69) is 15.6 Å². The molecule has 0 bridgehead atoms. The maximum atomic E-state index is 13.1. The predicted octanol–water partition coefficient (Wildman–Crippen LogP) is 3.85. The van der Waals surface area contributed by atoms with Gasteiger partial charge in [0.2, 0.25) is 11.9 Å². The van der Waals surface area contributed by atoms with E-state index in [-0.39, 0.29) is 17.7 Å². The Kier molecular flexibility index (Phi) is 6.72. The number of carbonyl (C=O) groups excluding carboxylic acids is 2. The lowest BCUT2D eigenvalue weighted by molar-refractivity contribution is -0.119. The molecule has 7 heteroatoms. The molecule has 0 saturated heterocycles. The average Bonchev–Trinajstić information content (AvgIpc) is 3.09. The van der Waals surface area contributed by atoms with Crippen molar-refractivity contribution in [3.05, 3.63) is 54.1 Å². The molecule has 0 saturated carbocycles. The van der Waals surface area contributed by atoms with Gasteiger partial charge in [-0.1, -0.05) is 38.1 Å². The third kappa shape index (κ3) is 4.45. The van der Waals surface area contributed by atoms with Crippen molar-refractivity contribution in [3.63, 3.8) is 0 Å². The van der Waals surface area contributed by atoms with Crippen LogP contribution in [0.15, 0.2) is 48.5 Å². The van der Waals surface area contributed by atoms with Crippen LogP contribution in [0.5, 0.6) is 5.75 Å². The van der Waals surface area contributed by atoms with E-state index in [0.717, 1.165) is 11.0 Å². The van der Waals surface area contributed by atoms with E-state index in [9.17, 15) is 9.59 Å². The molecule has 3 rings (SSSR count). The fraction of sp³-hybridized carbons (Fsp3) is 0.348. The summed E-state index contributed by atoms with van der Waals surface area (Å²) < 4.78 is 7.49. The summed E-state index contributed by atoms with van der Waals surface area (Å²) in [7, 11) is 0. The van der Waals surface area contributed by atoms with Crippen LogP contribution in [0, 0.1) is 5.92 Å². The topological polar surface area (TPSA) is 85.2 Å². The summed E-state index contributed by atoms with van der Waals surface area (Å²) in [6.45, 7) is 8.75. The Bertz CT molecular complexity index is 1040. The van der Waals surface area contributed by atoms with Gasteiger partial charge in [0.25, 0.3) is 5.91 Å². The first-order valence-electron chi connectivity index (χ1n) is 10.2. The highest BCUT2D eigenvalue weighted by Crippen LogP contribution is 2.21. The number of hydrogen-bond acceptors (Lipinski definition) is 4. The second kappa shape index (κ2) is 9.43. The third-order valence-electron chi connectivity index (χ3n) is 4.87. The molecule has 2 N–H and O–H groups in total. The zero-order valence-corrected chi connectivity index (χ0v) is 17.8. The predicted molar refractivity (Wildman–Crippen MR) is 118 cm³/mol. The molecule has 0 fully saturated rings. The Morgan fingerprint density at radius 1 is 1.07 bits per heavy atom. The Labute approximate surface area is 176 Å². The van der Waals surface area contributed by atoms with Crippen molar-refractivity contribution >= 4 is 28.8 Å². The van der Waals surface area contributed by atoms with E-state index in [4.69, 9.17) is 4.74 Å². The fourth-order valence-electron chi connectivity index (χ4n) is 3.37. The Hall–Kier alpha value is -3.35. The molecule has 7 nitrogen and oxygen atoms in total. The first kappa shape index (κ1) is 21.4. The lowest BCUT2D eigenvalue weighted by Gasteiger charge is -2.22. The van der Waals surface area contributed by atoms with Crippen LogP contribution in [-0.4, -0.2) is 34.0 Å². The number of benzene rings is 2. The fourth-order valence-corrected chi connectivity index (χ4v) is 3.37. The van der Waals surface area contributed by atoms with Gasteiger partial charge in [-0.05, 0) is 44.0 Å². The second-order valence-corrected chi connectivity index (χ2v) is 7.28. The highest BCUT2D eigenvalue weighted by Gasteiger charge is 2.27. The van der Waals surface area contributed by atoms with Gasteiger partial charge < -0.3 is 14.6 Å². The number of anilines is 1. The highest BCUT2D eigenvalue weighted by atomic mass is 16.5. The number of rotatable bonds is 8. The Morgan fingerprint density at radius 2 is 1.77 bits per heavy atom. The number of imidazole rings is 1. The van der Waals surface area contributed by atoms with Crippen LogP contribution in [0.3, 0.4) is 0 Å². The van der Waals surface area contributed by atoms with E-state index in [0.29, 0.717) is 30.4 Å². The molecule has 0 aliphatic heterocycles. The molecular formula is C23H28N4O3. The normalized spacial score (nSPS) is 12.0. The number of aromatic nitrogens is 2. The number of carbonyl (C=O) groups is 2. The van der Waals surface area contributed by atoms with Crippen LogP contribution in [0.25, 0.3) is 11.0 Å². The molecule has 0 radical (unpaired) electrons. The van der Waals surface area contributed by atoms with E-state index in [1.54, 1.807) is 18.2 Å². The maximum Gasteiger partial charge on any atom is 0.255 e. The first-order valence-corrected chi connectivity index (χ1v) is 10.2. The van der Waals surface area contributed by atoms with E-state index in [1.165, 1.54) is 0 Å². The first-order chi connectivity index (χ1) is 14.5. The van der Waals surface area contributed by atoms with Crippen molar-refractivity contribution in [3.8, 4) is 5.75 Å². The monoisotopic (exact) mass is 408 g/mol. The molecule has 1 heterocycles. The number of fused-ring (bicyclic) bond motifs is 1. The van der Waals surface area contributed by atoms with Crippen LogP contribution < -0.4 is 15.4 Å².